The second-order valence-electron chi connectivity index (χ2n) is 9.95. The molecule has 5 rings (SSSR count). The van der Waals surface area contributed by atoms with E-state index in [4.69, 9.17) is 5.26 Å². The quantitative estimate of drug-likeness (QED) is 0.347. The Kier molecular flexibility index (Phi) is 7.92. The molecule has 3 aromatic carbocycles. The predicted molar refractivity (Wildman–Crippen MR) is 155 cm³/mol. The van der Waals surface area contributed by atoms with E-state index in [-0.39, 0.29) is 23.1 Å². The molecule has 3 amide bonds. The van der Waals surface area contributed by atoms with Gasteiger partial charge in [-0.3, -0.25) is 19.1 Å². The summed E-state index contributed by atoms with van der Waals surface area (Å²) in [5, 5.41) is 16.2. The summed E-state index contributed by atoms with van der Waals surface area (Å²) in [6.07, 6.45) is 2.58. The Hall–Kier alpha value is -5.23. The Morgan fingerprint density at radius 3 is 2.51 bits per heavy atom. The number of anilines is 2. The molecule has 0 saturated heterocycles. The Morgan fingerprint density at radius 2 is 1.78 bits per heavy atom. The van der Waals surface area contributed by atoms with Gasteiger partial charge in [-0.25, -0.2) is 0 Å². The molecule has 0 bridgehead atoms. The van der Waals surface area contributed by atoms with Crippen molar-refractivity contribution in [3.63, 3.8) is 0 Å². The van der Waals surface area contributed by atoms with Gasteiger partial charge in [0.15, 0.2) is 0 Å². The van der Waals surface area contributed by atoms with Gasteiger partial charge in [-0.2, -0.15) is 10.4 Å². The van der Waals surface area contributed by atoms with Gasteiger partial charge in [0.1, 0.15) is 5.69 Å². The highest BCUT2D eigenvalue weighted by Crippen LogP contribution is 2.25. The molecule has 0 spiro atoms. The summed E-state index contributed by atoms with van der Waals surface area (Å²) >= 11 is 0. The number of nitriles is 1. The van der Waals surface area contributed by atoms with Crippen molar-refractivity contribution in [1.29, 1.82) is 5.26 Å². The van der Waals surface area contributed by atoms with Gasteiger partial charge in [0.25, 0.3) is 11.8 Å². The van der Waals surface area contributed by atoms with E-state index in [2.05, 4.69) is 16.5 Å². The van der Waals surface area contributed by atoms with E-state index in [1.54, 1.807) is 38.7 Å². The summed E-state index contributed by atoms with van der Waals surface area (Å²) in [6, 6.07) is 24.6. The molecule has 9 nitrogen and oxygen atoms in total. The van der Waals surface area contributed by atoms with Crippen LogP contribution >= 0.6 is 0 Å². The third kappa shape index (κ3) is 5.87. The number of fused-ring (bicyclic) bond motifs is 1. The molecule has 1 N–H and O–H groups in total. The summed E-state index contributed by atoms with van der Waals surface area (Å²) < 4.78 is 1.56. The number of carbonyl (C=O) groups excluding carboxylic acids is 3. The summed E-state index contributed by atoms with van der Waals surface area (Å²) in [4.78, 5) is 42.1. The van der Waals surface area contributed by atoms with Gasteiger partial charge in [-0.1, -0.05) is 49.4 Å². The SMILES string of the molecule is CCC(=O)N(C)Cc1ccccc1Cc1ccc(N2CCn3ncc(C(=O)Nc4cccc(C#N)c4)c3C2=O)cc1. The van der Waals surface area contributed by atoms with Crippen LogP contribution in [0.2, 0.25) is 0 Å². The Labute approximate surface area is 238 Å². The molecule has 0 aliphatic carbocycles. The first-order valence-corrected chi connectivity index (χ1v) is 13.5. The van der Waals surface area contributed by atoms with Crippen LogP contribution in [0.4, 0.5) is 11.4 Å². The zero-order valence-corrected chi connectivity index (χ0v) is 23.0. The first kappa shape index (κ1) is 27.3. The first-order valence-electron chi connectivity index (χ1n) is 13.5. The van der Waals surface area contributed by atoms with Crippen molar-refractivity contribution in [3.05, 3.63) is 113 Å². The zero-order chi connectivity index (χ0) is 28.9. The van der Waals surface area contributed by atoms with Gasteiger partial charge in [-0.15, -0.1) is 0 Å². The molecule has 9 heteroatoms. The van der Waals surface area contributed by atoms with Crippen LogP contribution in [0.3, 0.4) is 0 Å². The Bertz CT molecular complexity index is 1650. The average molecular weight is 547 g/mol. The fourth-order valence-corrected chi connectivity index (χ4v) is 4.99. The van der Waals surface area contributed by atoms with Crippen LogP contribution in [-0.4, -0.2) is 46.0 Å². The molecule has 0 atom stereocenters. The standard InChI is InChI=1S/C32H30N6O3/c1-3-29(39)36(2)21-25-9-5-4-8-24(25)17-22-11-13-27(14-12-22)37-15-16-38-30(32(37)41)28(20-34-38)31(40)35-26-10-6-7-23(18-26)19-33/h4-14,18,20H,3,15-17,21H2,1-2H3,(H,35,40). The molecular weight excluding hydrogens is 516 g/mol. The number of hydrogen-bond acceptors (Lipinski definition) is 5. The highest BCUT2D eigenvalue weighted by molar-refractivity contribution is 6.15. The first-order chi connectivity index (χ1) is 19.9. The molecule has 1 aromatic heterocycles. The van der Waals surface area contributed by atoms with Gasteiger partial charge in [0.05, 0.1) is 29.9 Å². The van der Waals surface area contributed by atoms with E-state index in [0.29, 0.717) is 43.7 Å². The maximum atomic E-state index is 13.6. The minimum atomic E-state index is -0.461. The van der Waals surface area contributed by atoms with Crippen LogP contribution in [-0.2, 0) is 24.3 Å². The van der Waals surface area contributed by atoms with E-state index in [0.717, 1.165) is 22.4 Å². The van der Waals surface area contributed by atoms with Crippen LogP contribution in [0, 0.1) is 11.3 Å². The van der Waals surface area contributed by atoms with E-state index >= 15 is 0 Å². The molecule has 0 saturated carbocycles. The van der Waals surface area contributed by atoms with Crippen molar-refractivity contribution in [2.24, 2.45) is 0 Å². The van der Waals surface area contributed by atoms with E-state index in [1.807, 2.05) is 62.5 Å². The van der Waals surface area contributed by atoms with Crippen LogP contribution in [0.5, 0.6) is 0 Å². The predicted octanol–water partition coefficient (Wildman–Crippen LogP) is 4.63. The number of nitrogens with zero attached hydrogens (tertiary/aromatic N) is 5. The number of rotatable bonds is 8. The van der Waals surface area contributed by atoms with Crippen molar-refractivity contribution < 1.29 is 14.4 Å². The van der Waals surface area contributed by atoms with Crippen molar-refractivity contribution >= 4 is 29.1 Å². The molecule has 0 radical (unpaired) electrons. The van der Waals surface area contributed by atoms with Crippen molar-refractivity contribution in [2.45, 2.75) is 32.9 Å². The van der Waals surface area contributed by atoms with Gasteiger partial charge in [0, 0.05) is 37.9 Å². The summed E-state index contributed by atoms with van der Waals surface area (Å²) in [6.45, 7) is 3.30. The fraction of sp³-hybridized carbons (Fsp3) is 0.219. The lowest BCUT2D eigenvalue weighted by molar-refractivity contribution is -0.130. The minimum Gasteiger partial charge on any atom is -0.341 e. The molecule has 1 aliphatic rings. The lowest BCUT2D eigenvalue weighted by Gasteiger charge is -2.28. The Balaban J connectivity index is 1.31. The third-order valence-electron chi connectivity index (χ3n) is 7.21. The van der Waals surface area contributed by atoms with Gasteiger partial charge in [-0.05, 0) is 53.4 Å². The van der Waals surface area contributed by atoms with Crippen molar-refractivity contribution in [1.82, 2.24) is 14.7 Å². The number of aromatic nitrogens is 2. The second-order valence-corrected chi connectivity index (χ2v) is 9.95. The van der Waals surface area contributed by atoms with E-state index in [9.17, 15) is 14.4 Å². The number of hydrogen-bond donors (Lipinski definition) is 1. The van der Waals surface area contributed by atoms with E-state index in [1.165, 1.54) is 6.20 Å². The lowest BCUT2D eigenvalue weighted by atomic mass is 9.99. The minimum absolute atomic E-state index is 0.102. The third-order valence-corrected chi connectivity index (χ3v) is 7.21. The van der Waals surface area contributed by atoms with Crippen molar-refractivity contribution in [2.75, 3.05) is 23.8 Å². The lowest BCUT2D eigenvalue weighted by Crippen LogP contribution is -2.41. The molecule has 1 aliphatic heterocycles. The number of nitrogens with one attached hydrogen (secondary N) is 1. The molecule has 41 heavy (non-hydrogen) atoms. The normalized spacial score (nSPS) is 12.4. The second kappa shape index (κ2) is 11.9. The molecule has 4 aromatic rings. The smallest absolute Gasteiger partial charge is 0.277 e. The fourth-order valence-electron chi connectivity index (χ4n) is 4.99. The molecule has 206 valence electrons. The Morgan fingerprint density at radius 1 is 1.02 bits per heavy atom. The van der Waals surface area contributed by atoms with Crippen LogP contribution in [0.15, 0.2) is 79.0 Å². The largest absolute Gasteiger partial charge is 0.341 e. The molecule has 2 heterocycles. The maximum absolute atomic E-state index is 13.6. The number of amides is 3. The molecule has 0 fully saturated rings. The van der Waals surface area contributed by atoms with Crippen LogP contribution in [0.1, 0.15) is 56.4 Å². The highest BCUT2D eigenvalue weighted by Gasteiger charge is 2.32. The molecular formula is C32H30N6O3. The van der Waals surface area contributed by atoms with Gasteiger partial charge < -0.3 is 15.1 Å². The number of carbonyl (C=O) groups is 3. The summed E-state index contributed by atoms with van der Waals surface area (Å²) in [7, 11) is 1.82. The zero-order valence-electron chi connectivity index (χ0n) is 23.0. The average Bonchev–Trinajstić information content (AvgIpc) is 3.44. The number of benzene rings is 3. The van der Waals surface area contributed by atoms with Gasteiger partial charge in [0.2, 0.25) is 5.91 Å². The molecule has 0 unspecified atom stereocenters. The van der Waals surface area contributed by atoms with Gasteiger partial charge >= 0.3 is 0 Å². The summed E-state index contributed by atoms with van der Waals surface area (Å²) in [5.41, 5.74) is 5.37. The maximum Gasteiger partial charge on any atom is 0.277 e. The topological polar surface area (TPSA) is 111 Å². The van der Waals surface area contributed by atoms with Crippen LogP contribution in [0.25, 0.3) is 0 Å². The highest BCUT2D eigenvalue weighted by atomic mass is 16.2. The summed E-state index contributed by atoms with van der Waals surface area (Å²) in [5.74, 6) is -0.659. The van der Waals surface area contributed by atoms with Crippen molar-refractivity contribution in [3.8, 4) is 6.07 Å². The monoisotopic (exact) mass is 546 g/mol. The van der Waals surface area contributed by atoms with E-state index < -0.39 is 5.91 Å². The van der Waals surface area contributed by atoms with Crippen LogP contribution < -0.4 is 10.2 Å².